The van der Waals surface area contributed by atoms with Crippen molar-refractivity contribution in [2.75, 3.05) is 13.7 Å². The zero-order valence-corrected chi connectivity index (χ0v) is 16.5. The molecule has 4 rings (SSSR count). The van der Waals surface area contributed by atoms with Crippen LogP contribution in [0.1, 0.15) is 44.6 Å². The number of ether oxygens (including phenoxy) is 2. The zero-order chi connectivity index (χ0) is 19.0. The summed E-state index contributed by atoms with van der Waals surface area (Å²) in [6.45, 7) is 8.10. The van der Waals surface area contributed by atoms with E-state index in [1.165, 1.54) is 18.4 Å². The lowest BCUT2D eigenvalue weighted by molar-refractivity contribution is -0.146. The van der Waals surface area contributed by atoms with Crippen molar-refractivity contribution in [3.63, 3.8) is 0 Å². The highest BCUT2D eigenvalue weighted by Gasteiger charge is 2.54. The maximum absolute atomic E-state index is 12.6. The molecule has 0 amide bonds. The number of nitrogens with one attached hydrogen (secondary N) is 1. The summed E-state index contributed by atoms with van der Waals surface area (Å²) < 4.78 is 11.3. The molecule has 1 aliphatic heterocycles. The van der Waals surface area contributed by atoms with Crippen LogP contribution in [0.4, 0.5) is 0 Å². The largest absolute Gasteiger partial charge is 0.496 e. The number of allylic oxidation sites excluding steroid dienone is 1. The quantitative estimate of drug-likeness (QED) is 0.627. The molecule has 0 bridgehead atoms. The van der Waals surface area contributed by atoms with Gasteiger partial charge in [0.25, 0.3) is 0 Å². The van der Waals surface area contributed by atoms with E-state index in [-0.39, 0.29) is 23.4 Å². The van der Waals surface area contributed by atoms with E-state index in [2.05, 4.69) is 24.9 Å². The Bertz CT molecular complexity index is 730. The number of esters is 1. The Morgan fingerprint density at radius 2 is 2.19 bits per heavy atom. The second kappa shape index (κ2) is 7.31. The number of rotatable bonds is 5. The number of carbonyl (C=O) groups excluding carboxylic acids is 1. The molecule has 0 spiro atoms. The van der Waals surface area contributed by atoms with Crippen molar-refractivity contribution >= 4 is 5.97 Å². The van der Waals surface area contributed by atoms with Crippen LogP contribution in [0.3, 0.4) is 0 Å². The predicted octanol–water partition coefficient (Wildman–Crippen LogP) is 4.10. The fourth-order valence-electron chi connectivity index (χ4n) is 5.70. The van der Waals surface area contributed by atoms with E-state index in [1.807, 2.05) is 18.2 Å². The number of benzene rings is 1. The summed E-state index contributed by atoms with van der Waals surface area (Å²) >= 11 is 0. The van der Waals surface area contributed by atoms with Gasteiger partial charge in [-0.15, -0.1) is 0 Å². The first-order chi connectivity index (χ1) is 13.0. The van der Waals surface area contributed by atoms with E-state index in [0.717, 1.165) is 30.6 Å². The molecule has 1 heterocycles. The zero-order valence-electron chi connectivity index (χ0n) is 16.5. The monoisotopic (exact) mass is 369 g/mol. The van der Waals surface area contributed by atoms with Gasteiger partial charge in [-0.05, 0) is 49.5 Å². The molecule has 2 saturated carbocycles. The van der Waals surface area contributed by atoms with Gasteiger partial charge in [-0.1, -0.05) is 37.3 Å². The van der Waals surface area contributed by atoms with Gasteiger partial charge in [0, 0.05) is 24.6 Å². The molecule has 146 valence electrons. The van der Waals surface area contributed by atoms with Crippen LogP contribution in [-0.2, 0) is 16.1 Å². The number of carbonyl (C=O) groups is 1. The summed E-state index contributed by atoms with van der Waals surface area (Å²) in [5, 5.41) is 3.47. The van der Waals surface area contributed by atoms with Crippen LogP contribution in [0.2, 0.25) is 0 Å². The van der Waals surface area contributed by atoms with Crippen molar-refractivity contribution in [3.05, 3.63) is 42.0 Å². The van der Waals surface area contributed by atoms with E-state index in [0.29, 0.717) is 24.9 Å². The third-order valence-electron chi connectivity index (χ3n) is 7.19. The smallest absolute Gasteiger partial charge is 0.310 e. The van der Waals surface area contributed by atoms with Crippen LogP contribution >= 0.6 is 0 Å². The second-order valence-corrected chi connectivity index (χ2v) is 8.85. The van der Waals surface area contributed by atoms with Gasteiger partial charge in [-0.3, -0.25) is 4.79 Å². The lowest BCUT2D eigenvalue weighted by Gasteiger charge is -2.50. The Labute approximate surface area is 162 Å². The summed E-state index contributed by atoms with van der Waals surface area (Å²) in [5.41, 5.74) is 2.76. The summed E-state index contributed by atoms with van der Waals surface area (Å²) in [6, 6.07) is 8.00. The van der Waals surface area contributed by atoms with Crippen LogP contribution in [0.5, 0.6) is 5.75 Å². The molecular formula is C23H31NO3. The Hall–Kier alpha value is -1.81. The van der Waals surface area contributed by atoms with Gasteiger partial charge in [0.2, 0.25) is 0 Å². The van der Waals surface area contributed by atoms with Gasteiger partial charge < -0.3 is 14.8 Å². The average Bonchev–Trinajstić information content (AvgIpc) is 2.94. The summed E-state index contributed by atoms with van der Waals surface area (Å²) in [7, 11) is 1.69. The predicted molar refractivity (Wildman–Crippen MR) is 105 cm³/mol. The summed E-state index contributed by atoms with van der Waals surface area (Å²) in [4.78, 5) is 12.6. The van der Waals surface area contributed by atoms with Crippen LogP contribution in [0, 0.1) is 23.2 Å². The van der Waals surface area contributed by atoms with E-state index >= 15 is 0 Å². The first kappa shape index (κ1) is 18.5. The molecule has 1 N–H and O–H groups in total. The maximum Gasteiger partial charge on any atom is 0.310 e. The summed E-state index contributed by atoms with van der Waals surface area (Å²) in [5.74, 6) is 1.66. The molecule has 27 heavy (non-hydrogen) atoms. The fraction of sp³-hybridized carbons (Fsp3) is 0.609. The molecular weight excluding hydrogens is 338 g/mol. The van der Waals surface area contributed by atoms with Crippen molar-refractivity contribution in [2.24, 2.45) is 23.2 Å². The SMILES string of the molecule is C=C1CCC[C@]2(C)C[C@H]3OC(=O)[C@H](CNCc4ccccc4OC)[C@@H]3C[C@H]12. The lowest BCUT2D eigenvalue weighted by Crippen LogP contribution is -2.45. The van der Waals surface area contributed by atoms with Crippen LogP contribution in [0.15, 0.2) is 36.4 Å². The van der Waals surface area contributed by atoms with Crippen molar-refractivity contribution < 1.29 is 14.3 Å². The molecule has 5 atom stereocenters. The van der Waals surface area contributed by atoms with E-state index in [9.17, 15) is 4.79 Å². The van der Waals surface area contributed by atoms with Crippen LogP contribution < -0.4 is 10.1 Å². The molecule has 4 heteroatoms. The van der Waals surface area contributed by atoms with Crippen molar-refractivity contribution in [1.82, 2.24) is 5.32 Å². The van der Waals surface area contributed by atoms with Gasteiger partial charge in [0.05, 0.1) is 13.0 Å². The molecule has 3 aliphatic rings. The van der Waals surface area contributed by atoms with Gasteiger partial charge >= 0.3 is 5.97 Å². The van der Waals surface area contributed by atoms with Gasteiger partial charge in [0.1, 0.15) is 11.9 Å². The Balaban J connectivity index is 1.42. The van der Waals surface area contributed by atoms with Gasteiger partial charge in [-0.2, -0.15) is 0 Å². The van der Waals surface area contributed by atoms with E-state index < -0.39 is 0 Å². The molecule has 0 unspecified atom stereocenters. The highest BCUT2D eigenvalue weighted by atomic mass is 16.6. The highest BCUT2D eigenvalue weighted by Crippen LogP contribution is 2.56. The fourth-order valence-corrected chi connectivity index (χ4v) is 5.70. The highest BCUT2D eigenvalue weighted by molar-refractivity contribution is 5.75. The topological polar surface area (TPSA) is 47.6 Å². The molecule has 1 saturated heterocycles. The number of fused-ring (bicyclic) bond motifs is 2. The van der Waals surface area contributed by atoms with Crippen molar-refractivity contribution in [1.29, 1.82) is 0 Å². The van der Waals surface area contributed by atoms with E-state index in [4.69, 9.17) is 9.47 Å². The average molecular weight is 370 g/mol. The van der Waals surface area contributed by atoms with Crippen LogP contribution in [-0.4, -0.2) is 25.7 Å². The Morgan fingerprint density at radius 1 is 1.37 bits per heavy atom. The standard InChI is InChI=1S/C23H31NO3/c1-15-7-6-10-23(2)12-21-17(11-19(15)23)18(22(25)27-21)14-24-13-16-8-4-5-9-20(16)26-3/h4-5,8-9,17-19,21,24H,1,6-7,10-14H2,2-3H3/t17-,18+,19+,21+,23+/m0/s1. The lowest BCUT2D eigenvalue weighted by atomic mass is 9.55. The third kappa shape index (κ3) is 3.40. The molecule has 4 nitrogen and oxygen atoms in total. The molecule has 1 aromatic rings. The minimum atomic E-state index is -0.0519. The Morgan fingerprint density at radius 3 is 3.00 bits per heavy atom. The van der Waals surface area contributed by atoms with Gasteiger partial charge in [-0.25, -0.2) is 0 Å². The normalized spacial score (nSPS) is 35.3. The number of para-hydroxylation sites is 1. The first-order valence-corrected chi connectivity index (χ1v) is 10.2. The molecule has 2 aliphatic carbocycles. The molecule has 1 aromatic carbocycles. The number of hydrogen-bond donors (Lipinski definition) is 1. The molecule has 0 aromatic heterocycles. The maximum atomic E-state index is 12.6. The van der Waals surface area contributed by atoms with Crippen molar-refractivity contribution in [3.8, 4) is 5.75 Å². The number of hydrogen-bond acceptors (Lipinski definition) is 4. The second-order valence-electron chi connectivity index (χ2n) is 8.85. The van der Waals surface area contributed by atoms with Crippen molar-refractivity contribution in [2.45, 2.75) is 51.7 Å². The van der Waals surface area contributed by atoms with Crippen LogP contribution in [0.25, 0.3) is 0 Å². The molecule has 0 radical (unpaired) electrons. The Kier molecular flexibility index (Phi) is 5.02. The third-order valence-corrected chi connectivity index (χ3v) is 7.19. The van der Waals surface area contributed by atoms with Gasteiger partial charge in [0.15, 0.2) is 0 Å². The minimum Gasteiger partial charge on any atom is -0.496 e. The number of methoxy groups -OCH3 is 1. The molecule has 3 fully saturated rings. The minimum absolute atomic E-state index is 0.0228. The van der Waals surface area contributed by atoms with E-state index in [1.54, 1.807) is 7.11 Å². The summed E-state index contributed by atoms with van der Waals surface area (Å²) in [6.07, 6.45) is 5.73. The first-order valence-electron chi connectivity index (χ1n) is 10.2.